The molecule has 3 aromatic rings. The number of aryl methyl sites for hydroxylation is 1. The van der Waals surface area contributed by atoms with Gasteiger partial charge in [-0.05, 0) is 25.0 Å². The number of thioether (sulfide) groups is 1. The van der Waals surface area contributed by atoms with Crippen LogP contribution >= 0.6 is 23.1 Å². The van der Waals surface area contributed by atoms with Gasteiger partial charge in [-0.25, -0.2) is 4.98 Å². The van der Waals surface area contributed by atoms with E-state index in [0.717, 1.165) is 17.3 Å². The van der Waals surface area contributed by atoms with Crippen molar-refractivity contribution in [3.05, 3.63) is 56.7 Å². The minimum Gasteiger partial charge on any atom is -0.351 e. The first-order chi connectivity index (χ1) is 12.5. The Labute approximate surface area is 158 Å². The van der Waals surface area contributed by atoms with Crippen LogP contribution in [0.5, 0.6) is 0 Å². The Morgan fingerprint density at radius 3 is 2.69 bits per heavy atom. The van der Waals surface area contributed by atoms with Crippen molar-refractivity contribution in [2.24, 2.45) is 0 Å². The number of benzene rings is 1. The van der Waals surface area contributed by atoms with Gasteiger partial charge in [0.25, 0.3) is 5.56 Å². The SMILES string of the molecule is CC(=O)c1sc2nc(SCC(=O)NCc3ccccc3)[nH]c(=O)c2c1C. The second-order valence-electron chi connectivity index (χ2n) is 5.71. The van der Waals surface area contributed by atoms with E-state index in [1.807, 2.05) is 30.3 Å². The van der Waals surface area contributed by atoms with Crippen molar-refractivity contribution in [3.63, 3.8) is 0 Å². The van der Waals surface area contributed by atoms with Gasteiger partial charge in [-0.15, -0.1) is 11.3 Å². The van der Waals surface area contributed by atoms with Crippen LogP contribution in [-0.4, -0.2) is 27.4 Å². The topological polar surface area (TPSA) is 91.9 Å². The number of thiophene rings is 1. The van der Waals surface area contributed by atoms with Crippen molar-refractivity contribution in [2.45, 2.75) is 25.5 Å². The van der Waals surface area contributed by atoms with Gasteiger partial charge < -0.3 is 10.3 Å². The van der Waals surface area contributed by atoms with Crippen LogP contribution < -0.4 is 10.9 Å². The molecule has 0 saturated heterocycles. The smallest absolute Gasteiger partial charge is 0.260 e. The Hall–Kier alpha value is -2.45. The highest BCUT2D eigenvalue weighted by molar-refractivity contribution is 7.99. The average Bonchev–Trinajstić information content (AvgIpc) is 2.96. The maximum Gasteiger partial charge on any atom is 0.260 e. The highest BCUT2D eigenvalue weighted by atomic mass is 32.2. The second-order valence-corrected chi connectivity index (χ2v) is 7.68. The molecule has 2 heterocycles. The molecule has 26 heavy (non-hydrogen) atoms. The number of nitrogens with one attached hydrogen (secondary N) is 2. The summed E-state index contributed by atoms with van der Waals surface area (Å²) in [7, 11) is 0. The highest BCUT2D eigenvalue weighted by Crippen LogP contribution is 2.28. The minimum absolute atomic E-state index is 0.0839. The number of carbonyl (C=O) groups is 2. The molecular weight excluding hydrogens is 370 g/mol. The number of ketones is 1. The summed E-state index contributed by atoms with van der Waals surface area (Å²) in [6, 6.07) is 9.62. The molecule has 2 aromatic heterocycles. The zero-order valence-electron chi connectivity index (χ0n) is 14.3. The number of aromatic nitrogens is 2. The molecule has 0 atom stereocenters. The van der Waals surface area contributed by atoms with Crippen molar-refractivity contribution < 1.29 is 9.59 Å². The lowest BCUT2D eigenvalue weighted by Crippen LogP contribution is -2.24. The molecule has 8 heteroatoms. The summed E-state index contributed by atoms with van der Waals surface area (Å²) in [6.45, 7) is 3.67. The van der Waals surface area contributed by atoms with Crippen LogP contribution in [0.2, 0.25) is 0 Å². The van der Waals surface area contributed by atoms with Crippen LogP contribution in [0.1, 0.15) is 27.7 Å². The first-order valence-corrected chi connectivity index (χ1v) is 9.73. The maximum absolute atomic E-state index is 12.3. The van der Waals surface area contributed by atoms with E-state index < -0.39 is 0 Å². The van der Waals surface area contributed by atoms with Crippen LogP contribution in [0.25, 0.3) is 10.2 Å². The summed E-state index contributed by atoms with van der Waals surface area (Å²) >= 11 is 2.37. The number of aromatic amines is 1. The predicted octanol–water partition coefficient (Wildman–Crippen LogP) is 2.90. The largest absolute Gasteiger partial charge is 0.351 e. The molecule has 0 radical (unpaired) electrons. The number of H-pyrrole nitrogens is 1. The van der Waals surface area contributed by atoms with Gasteiger partial charge in [0, 0.05) is 6.54 Å². The van der Waals surface area contributed by atoms with Crippen molar-refractivity contribution in [3.8, 4) is 0 Å². The summed E-state index contributed by atoms with van der Waals surface area (Å²) in [6.07, 6.45) is 0. The number of rotatable bonds is 6. The third kappa shape index (κ3) is 4.03. The molecule has 3 rings (SSSR count). The number of Topliss-reactive ketones (excluding diaryl/α,β-unsaturated/α-hetero) is 1. The molecule has 6 nitrogen and oxygen atoms in total. The molecule has 0 spiro atoms. The lowest BCUT2D eigenvalue weighted by molar-refractivity contribution is -0.118. The van der Waals surface area contributed by atoms with E-state index in [1.54, 1.807) is 6.92 Å². The van der Waals surface area contributed by atoms with E-state index in [4.69, 9.17) is 0 Å². The van der Waals surface area contributed by atoms with Crippen molar-refractivity contribution in [1.29, 1.82) is 0 Å². The summed E-state index contributed by atoms with van der Waals surface area (Å²) in [4.78, 5) is 44.1. The summed E-state index contributed by atoms with van der Waals surface area (Å²) < 4.78 is 0. The third-order valence-corrected chi connectivity index (χ3v) is 5.93. The monoisotopic (exact) mass is 387 g/mol. The maximum atomic E-state index is 12.3. The molecule has 0 saturated carbocycles. The molecular formula is C18H17N3O3S2. The van der Waals surface area contributed by atoms with Crippen LogP contribution in [0.15, 0.2) is 40.3 Å². The Balaban J connectivity index is 1.68. The van der Waals surface area contributed by atoms with Crippen molar-refractivity contribution in [1.82, 2.24) is 15.3 Å². The third-order valence-electron chi connectivity index (χ3n) is 3.77. The summed E-state index contributed by atoms with van der Waals surface area (Å²) in [5.41, 5.74) is 1.39. The fourth-order valence-corrected chi connectivity index (χ4v) is 4.34. The standard InChI is InChI=1S/C18H17N3O3S2/c1-10-14-16(24)20-18(21-17(14)26-15(10)11(2)22)25-9-13(23)19-8-12-6-4-3-5-7-12/h3-7H,8-9H2,1-2H3,(H,19,23)(H,20,21,24). The Bertz CT molecular complexity index is 1030. The van der Waals surface area contributed by atoms with Crippen LogP contribution in [0.3, 0.4) is 0 Å². The predicted molar refractivity (Wildman–Crippen MR) is 104 cm³/mol. The van der Waals surface area contributed by atoms with Gasteiger partial charge >= 0.3 is 0 Å². The molecule has 1 aromatic carbocycles. The number of hydrogen-bond acceptors (Lipinski definition) is 6. The lowest BCUT2D eigenvalue weighted by Gasteiger charge is -2.05. The number of hydrogen-bond donors (Lipinski definition) is 2. The van der Waals surface area contributed by atoms with Crippen LogP contribution in [0.4, 0.5) is 0 Å². The van der Waals surface area contributed by atoms with Gasteiger partial charge in [-0.3, -0.25) is 14.4 Å². The average molecular weight is 387 g/mol. The minimum atomic E-state index is -0.288. The first-order valence-electron chi connectivity index (χ1n) is 7.93. The van der Waals surface area contributed by atoms with Gasteiger partial charge in [-0.1, -0.05) is 42.1 Å². The van der Waals surface area contributed by atoms with Crippen LogP contribution in [-0.2, 0) is 11.3 Å². The number of nitrogens with zero attached hydrogens (tertiary/aromatic N) is 1. The second kappa shape index (κ2) is 7.84. The Morgan fingerprint density at radius 2 is 2.00 bits per heavy atom. The molecule has 134 valence electrons. The summed E-state index contributed by atoms with van der Waals surface area (Å²) in [5.74, 6) is -0.0849. The molecule has 0 unspecified atom stereocenters. The lowest BCUT2D eigenvalue weighted by atomic mass is 10.2. The van der Waals surface area contributed by atoms with E-state index in [9.17, 15) is 14.4 Å². The van der Waals surface area contributed by atoms with E-state index in [-0.39, 0.29) is 23.0 Å². The molecule has 0 bridgehead atoms. The fraction of sp³-hybridized carbons (Fsp3) is 0.222. The van der Waals surface area contributed by atoms with Gasteiger partial charge in [-0.2, -0.15) is 0 Å². The zero-order valence-corrected chi connectivity index (χ0v) is 15.9. The fourth-order valence-electron chi connectivity index (χ4n) is 2.51. The van der Waals surface area contributed by atoms with Gasteiger partial charge in [0.1, 0.15) is 4.83 Å². The van der Waals surface area contributed by atoms with E-state index in [0.29, 0.717) is 32.4 Å². The van der Waals surface area contributed by atoms with Crippen molar-refractivity contribution >= 4 is 45.0 Å². The molecule has 2 N–H and O–H groups in total. The normalized spacial score (nSPS) is 10.8. The Morgan fingerprint density at radius 1 is 1.27 bits per heavy atom. The number of carbonyl (C=O) groups excluding carboxylic acids is 2. The van der Waals surface area contributed by atoms with Gasteiger partial charge in [0.15, 0.2) is 10.9 Å². The first kappa shape index (κ1) is 18.3. The molecule has 0 aliphatic carbocycles. The number of amides is 1. The molecule has 0 fully saturated rings. The molecule has 0 aliphatic rings. The van der Waals surface area contributed by atoms with E-state index >= 15 is 0 Å². The molecule has 0 aliphatic heterocycles. The van der Waals surface area contributed by atoms with Crippen molar-refractivity contribution in [2.75, 3.05) is 5.75 Å². The molecule has 1 amide bonds. The van der Waals surface area contributed by atoms with Crippen LogP contribution in [0, 0.1) is 6.92 Å². The summed E-state index contributed by atoms with van der Waals surface area (Å²) in [5, 5.41) is 3.64. The highest BCUT2D eigenvalue weighted by Gasteiger charge is 2.17. The zero-order chi connectivity index (χ0) is 18.7. The van der Waals surface area contributed by atoms with Gasteiger partial charge in [0.2, 0.25) is 5.91 Å². The number of fused-ring (bicyclic) bond motifs is 1. The van der Waals surface area contributed by atoms with E-state index in [1.165, 1.54) is 18.3 Å². The van der Waals surface area contributed by atoms with E-state index in [2.05, 4.69) is 15.3 Å². The Kier molecular flexibility index (Phi) is 5.53. The van der Waals surface area contributed by atoms with Gasteiger partial charge in [0.05, 0.1) is 16.0 Å². The quantitative estimate of drug-likeness (QED) is 0.385.